The van der Waals surface area contributed by atoms with Gasteiger partial charge >= 0.3 is 0 Å². The van der Waals surface area contributed by atoms with E-state index in [0.717, 1.165) is 44.8 Å². The van der Waals surface area contributed by atoms with Crippen LogP contribution in [0.5, 0.6) is 5.75 Å². The van der Waals surface area contributed by atoms with Crippen LogP contribution in [-0.4, -0.2) is 60.4 Å². The van der Waals surface area contributed by atoms with Gasteiger partial charge in [0.1, 0.15) is 11.4 Å². The van der Waals surface area contributed by atoms with E-state index in [-0.39, 0.29) is 24.4 Å². The lowest BCUT2D eigenvalue weighted by molar-refractivity contribution is 0.0931. The summed E-state index contributed by atoms with van der Waals surface area (Å²) in [4.78, 5) is 15.2. The van der Waals surface area contributed by atoms with Gasteiger partial charge in [0, 0.05) is 19.3 Å². The van der Waals surface area contributed by atoms with E-state index in [0.29, 0.717) is 18.3 Å². The molecule has 1 aromatic carbocycles. The number of methoxy groups -OCH3 is 1. The second-order valence-electron chi connectivity index (χ2n) is 7.93. The highest BCUT2D eigenvalue weighted by molar-refractivity contribution is 5.92. The number of amides is 1. The Labute approximate surface area is 184 Å². The largest absolute Gasteiger partial charge is 0.497 e. The number of halogens is 1. The number of benzene rings is 1. The third-order valence-corrected chi connectivity index (χ3v) is 6.00. The van der Waals surface area contributed by atoms with Gasteiger partial charge in [-0.05, 0) is 69.1 Å². The van der Waals surface area contributed by atoms with Crippen molar-refractivity contribution in [3.8, 4) is 5.75 Å². The zero-order valence-electron chi connectivity index (χ0n) is 17.5. The average molecular weight is 434 g/mol. The van der Waals surface area contributed by atoms with E-state index in [9.17, 15) is 4.79 Å². The Morgan fingerprint density at radius 2 is 2.13 bits per heavy atom. The molecule has 2 aliphatic rings. The monoisotopic (exact) mass is 433 g/mol. The quantitative estimate of drug-likeness (QED) is 0.702. The number of ether oxygens (including phenoxy) is 1. The first-order valence-electron chi connectivity index (χ1n) is 10.7. The second-order valence-corrected chi connectivity index (χ2v) is 7.93. The van der Waals surface area contributed by atoms with Crippen LogP contribution in [0.1, 0.15) is 53.8 Å². The van der Waals surface area contributed by atoms with Gasteiger partial charge in [-0.1, -0.05) is 12.1 Å². The molecular weight excluding hydrogens is 402 g/mol. The topological polar surface area (TPSA) is 71.4 Å². The molecule has 4 rings (SSSR count). The van der Waals surface area contributed by atoms with Crippen molar-refractivity contribution in [1.29, 1.82) is 0 Å². The van der Waals surface area contributed by atoms with E-state index in [1.54, 1.807) is 7.11 Å². The molecule has 164 valence electrons. The Morgan fingerprint density at radius 1 is 1.30 bits per heavy atom. The molecule has 0 bridgehead atoms. The van der Waals surface area contributed by atoms with Gasteiger partial charge in [0.25, 0.3) is 5.91 Å². The molecule has 2 unspecified atom stereocenters. The Hall–Kier alpha value is -2.09. The van der Waals surface area contributed by atoms with E-state index >= 15 is 0 Å². The highest BCUT2D eigenvalue weighted by Crippen LogP contribution is 2.27. The molecule has 8 heteroatoms. The molecule has 1 amide bonds. The van der Waals surface area contributed by atoms with Crippen molar-refractivity contribution in [2.24, 2.45) is 0 Å². The van der Waals surface area contributed by atoms with E-state index in [1.807, 2.05) is 29.1 Å². The number of likely N-dealkylation sites (tertiary alicyclic amines) is 1. The molecule has 2 saturated heterocycles. The van der Waals surface area contributed by atoms with Crippen LogP contribution in [0, 0.1) is 0 Å². The van der Waals surface area contributed by atoms with Crippen molar-refractivity contribution in [3.63, 3.8) is 0 Å². The van der Waals surface area contributed by atoms with Crippen LogP contribution in [-0.2, 0) is 0 Å². The van der Waals surface area contributed by atoms with Gasteiger partial charge in [0.2, 0.25) is 0 Å². The standard InChI is InChI=1S/C22H31N5O2.ClH/c1-29-19-8-4-6-17(14-19)21(26-11-2-3-12-26)16-24-22(28)20-9-13-27(25-20)18-7-5-10-23-15-18;/h4,6,8-9,13-14,18,21,23H,2-3,5,7,10-12,15-16H2,1H3,(H,24,28);1H. The van der Waals surface area contributed by atoms with Crippen molar-refractivity contribution < 1.29 is 9.53 Å². The van der Waals surface area contributed by atoms with Gasteiger partial charge < -0.3 is 15.4 Å². The Kier molecular flexibility index (Phi) is 8.13. The van der Waals surface area contributed by atoms with E-state index in [1.165, 1.54) is 18.4 Å². The number of nitrogens with zero attached hydrogens (tertiary/aromatic N) is 3. The number of nitrogens with one attached hydrogen (secondary N) is 2. The maximum absolute atomic E-state index is 12.8. The average Bonchev–Trinajstić information content (AvgIpc) is 3.47. The minimum atomic E-state index is -0.111. The van der Waals surface area contributed by atoms with Crippen LogP contribution < -0.4 is 15.4 Å². The van der Waals surface area contributed by atoms with Gasteiger partial charge in [0.15, 0.2) is 0 Å². The number of hydrogen-bond acceptors (Lipinski definition) is 5. The number of aromatic nitrogens is 2. The molecule has 2 atom stereocenters. The molecule has 1 aromatic heterocycles. The third kappa shape index (κ3) is 5.33. The molecule has 0 radical (unpaired) electrons. The van der Waals surface area contributed by atoms with Crippen molar-refractivity contribution in [1.82, 2.24) is 25.3 Å². The molecule has 3 heterocycles. The van der Waals surface area contributed by atoms with Crippen LogP contribution in [0.2, 0.25) is 0 Å². The summed E-state index contributed by atoms with van der Waals surface area (Å²) < 4.78 is 7.33. The number of carbonyl (C=O) groups is 1. The Balaban J connectivity index is 0.00000256. The number of carbonyl (C=O) groups excluding carboxylic acids is 1. The molecule has 2 N–H and O–H groups in total. The first kappa shape index (κ1) is 22.6. The Morgan fingerprint density at radius 3 is 2.87 bits per heavy atom. The van der Waals surface area contributed by atoms with Gasteiger partial charge in [-0.3, -0.25) is 14.4 Å². The summed E-state index contributed by atoms with van der Waals surface area (Å²) in [5, 5.41) is 11.0. The summed E-state index contributed by atoms with van der Waals surface area (Å²) in [6.45, 7) is 4.65. The molecule has 0 spiro atoms. The Bertz CT molecular complexity index is 815. The summed E-state index contributed by atoms with van der Waals surface area (Å²) in [6, 6.07) is 10.4. The smallest absolute Gasteiger partial charge is 0.271 e. The third-order valence-electron chi connectivity index (χ3n) is 6.00. The van der Waals surface area contributed by atoms with Crippen LogP contribution in [0.3, 0.4) is 0 Å². The van der Waals surface area contributed by atoms with E-state index in [4.69, 9.17) is 4.74 Å². The number of hydrogen-bond donors (Lipinski definition) is 2. The fourth-order valence-corrected chi connectivity index (χ4v) is 4.36. The maximum atomic E-state index is 12.8. The molecule has 30 heavy (non-hydrogen) atoms. The minimum absolute atomic E-state index is 0. The van der Waals surface area contributed by atoms with Gasteiger partial charge in [-0.25, -0.2) is 0 Å². The molecular formula is C22H32ClN5O2. The summed E-state index contributed by atoms with van der Waals surface area (Å²) >= 11 is 0. The predicted octanol–water partition coefficient (Wildman–Crippen LogP) is 2.80. The summed E-state index contributed by atoms with van der Waals surface area (Å²) in [5.41, 5.74) is 1.66. The van der Waals surface area contributed by atoms with Crippen LogP contribution in [0.15, 0.2) is 36.5 Å². The molecule has 0 aliphatic carbocycles. The highest BCUT2D eigenvalue weighted by Gasteiger charge is 2.25. The van der Waals surface area contributed by atoms with E-state index in [2.05, 4.69) is 32.8 Å². The van der Waals surface area contributed by atoms with E-state index < -0.39 is 0 Å². The first-order valence-corrected chi connectivity index (χ1v) is 10.7. The normalized spacial score (nSPS) is 20.4. The zero-order chi connectivity index (χ0) is 20.1. The van der Waals surface area contributed by atoms with Crippen molar-refractivity contribution in [2.75, 3.05) is 39.8 Å². The van der Waals surface area contributed by atoms with Crippen molar-refractivity contribution >= 4 is 18.3 Å². The molecule has 2 aromatic rings. The van der Waals surface area contributed by atoms with Crippen molar-refractivity contribution in [3.05, 3.63) is 47.8 Å². The van der Waals surface area contributed by atoms with Gasteiger partial charge in [-0.2, -0.15) is 5.10 Å². The number of rotatable bonds is 7. The lowest BCUT2D eigenvalue weighted by atomic mass is 10.0. The summed E-state index contributed by atoms with van der Waals surface area (Å²) in [7, 11) is 1.68. The van der Waals surface area contributed by atoms with Crippen LogP contribution in [0.25, 0.3) is 0 Å². The second kappa shape index (κ2) is 10.8. The fourth-order valence-electron chi connectivity index (χ4n) is 4.36. The molecule has 7 nitrogen and oxygen atoms in total. The summed E-state index contributed by atoms with van der Waals surface area (Å²) in [6.07, 6.45) is 6.57. The molecule has 2 fully saturated rings. The lowest BCUT2D eigenvalue weighted by Gasteiger charge is -2.28. The zero-order valence-corrected chi connectivity index (χ0v) is 18.4. The van der Waals surface area contributed by atoms with Crippen molar-refractivity contribution in [2.45, 2.75) is 37.8 Å². The molecule has 0 saturated carbocycles. The maximum Gasteiger partial charge on any atom is 0.271 e. The van der Waals surface area contributed by atoms with Gasteiger partial charge in [0.05, 0.1) is 19.2 Å². The fraction of sp³-hybridized carbons (Fsp3) is 0.545. The number of piperidine rings is 1. The lowest BCUT2D eigenvalue weighted by Crippen LogP contribution is -2.37. The van der Waals surface area contributed by atoms with Crippen LogP contribution >= 0.6 is 12.4 Å². The highest BCUT2D eigenvalue weighted by atomic mass is 35.5. The van der Waals surface area contributed by atoms with Crippen LogP contribution in [0.4, 0.5) is 0 Å². The molecule has 2 aliphatic heterocycles. The summed E-state index contributed by atoms with van der Waals surface area (Å²) in [5.74, 6) is 0.734. The van der Waals surface area contributed by atoms with Gasteiger partial charge in [-0.15, -0.1) is 12.4 Å². The minimum Gasteiger partial charge on any atom is -0.497 e. The first-order chi connectivity index (χ1) is 14.2. The predicted molar refractivity (Wildman–Crippen MR) is 119 cm³/mol. The SMILES string of the molecule is COc1cccc(C(CNC(=O)c2ccn(C3CCCNC3)n2)N2CCCC2)c1.Cl.